The second-order valence-corrected chi connectivity index (χ2v) is 10.3. The number of carbonyl (C=O) groups excluding carboxylic acids is 1. The van der Waals surface area contributed by atoms with Crippen LogP contribution in [0.25, 0.3) is 0 Å². The fourth-order valence-electron chi connectivity index (χ4n) is 3.92. The molecule has 1 amide bonds. The third kappa shape index (κ3) is 4.23. The standard InChI is InChI=1S/C20H24FN3O3S2/c21-17-6-3-4-14-7-10-24(13-16(14)17)29(26,27)18-8-11-28-19(18)20(25)23-12-15-5-1-2-9-22-15/h3-4,6,8,11,15,22H,1-2,5,7,9-10,12-13H2,(H,23,25)/t15-/m1/s1. The van der Waals surface area contributed by atoms with E-state index in [0.717, 1.165) is 42.7 Å². The lowest BCUT2D eigenvalue weighted by Crippen LogP contribution is -2.43. The zero-order valence-corrected chi connectivity index (χ0v) is 17.6. The van der Waals surface area contributed by atoms with Crippen molar-refractivity contribution in [3.63, 3.8) is 0 Å². The molecule has 1 aromatic heterocycles. The van der Waals surface area contributed by atoms with Gasteiger partial charge in [-0.15, -0.1) is 11.3 Å². The third-order valence-electron chi connectivity index (χ3n) is 5.56. The topological polar surface area (TPSA) is 78.5 Å². The molecule has 1 atom stereocenters. The number of fused-ring (bicyclic) bond motifs is 1. The summed E-state index contributed by atoms with van der Waals surface area (Å²) >= 11 is 1.11. The van der Waals surface area contributed by atoms with Gasteiger partial charge in [-0.05, 0) is 48.9 Å². The van der Waals surface area contributed by atoms with Crippen LogP contribution in [-0.2, 0) is 23.0 Å². The molecule has 0 bridgehead atoms. The number of sulfonamides is 1. The van der Waals surface area contributed by atoms with Crippen LogP contribution < -0.4 is 10.6 Å². The Bertz CT molecular complexity index is 1000. The van der Waals surface area contributed by atoms with Gasteiger partial charge in [0, 0.05) is 31.2 Å². The van der Waals surface area contributed by atoms with E-state index >= 15 is 0 Å². The van der Waals surface area contributed by atoms with Crippen LogP contribution in [0.2, 0.25) is 0 Å². The minimum Gasteiger partial charge on any atom is -0.350 e. The summed E-state index contributed by atoms with van der Waals surface area (Å²) in [6.07, 6.45) is 3.70. The molecule has 2 aromatic rings. The molecular formula is C20H24FN3O3S2. The zero-order chi connectivity index (χ0) is 20.4. The van der Waals surface area contributed by atoms with Gasteiger partial charge in [-0.1, -0.05) is 18.6 Å². The number of nitrogens with zero attached hydrogens (tertiary/aromatic N) is 1. The minimum atomic E-state index is -3.90. The molecule has 0 radical (unpaired) electrons. The number of carbonyl (C=O) groups is 1. The Labute approximate surface area is 174 Å². The van der Waals surface area contributed by atoms with Crippen LogP contribution in [0.3, 0.4) is 0 Å². The van der Waals surface area contributed by atoms with Gasteiger partial charge in [0.05, 0.1) is 0 Å². The average molecular weight is 438 g/mol. The first-order valence-electron chi connectivity index (χ1n) is 9.82. The molecule has 29 heavy (non-hydrogen) atoms. The predicted octanol–water partition coefficient (Wildman–Crippen LogP) is 2.51. The largest absolute Gasteiger partial charge is 0.350 e. The quantitative estimate of drug-likeness (QED) is 0.754. The highest BCUT2D eigenvalue weighted by molar-refractivity contribution is 7.89. The lowest BCUT2D eigenvalue weighted by Gasteiger charge is -2.28. The van der Waals surface area contributed by atoms with Crippen molar-refractivity contribution in [3.8, 4) is 0 Å². The molecule has 2 N–H and O–H groups in total. The van der Waals surface area contributed by atoms with Crippen molar-refractivity contribution in [3.05, 3.63) is 51.5 Å². The van der Waals surface area contributed by atoms with Crippen LogP contribution in [0.5, 0.6) is 0 Å². The summed E-state index contributed by atoms with van der Waals surface area (Å²) in [7, 11) is -3.90. The Morgan fingerprint density at radius 1 is 1.31 bits per heavy atom. The summed E-state index contributed by atoms with van der Waals surface area (Å²) in [5.41, 5.74) is 1.24. The molecule has 0 saturated carbocycles. The third-order valence-corrected chi connectivity index (χ3v) is 8.49. The fourth-order valence-corrected chi connectivity index (χ4v) is 6.65. The Kier molecular flexibility index (Phi) is 6.00. The van der Waals surface area contributed by atoms with E-state index in [0.29, 0.717) is 18.5 Å². The molecule has 2 aliphatic heterocycles. The molecule has 9 heteroatoms. The molecule has 0 spiro atoms. The number of nitrogens with one attached hydrogen (secondary N) is 2. The molecule has 1 aromatic carbocycles. The molecule has 0 unspecified atom stereocenters. The maximum absolute atomic E-state index is 14.2. The fraction of sp³-hybridized carbons (Fsp3) is 0.450. The van der Waals surface area contributed by atoms with Gasteiger partial charge in [0.1, 0.15) is 15.6 Å². The molecule has 1 saturated heterocycles. The molecule has 6 nitrogen and oxygen atoms in total. The van der Waals surface area contributed by atoms with Gasteiger partial charge < -0.3 is 10.6 Å². The molecular weight excluding hydrogens is 413 g/mol. The minimum absolute atomic E-state index is 0.00334. The van der Waals surface area contributed by atoms with Gasteiger partial charge in [-0.25, -0.2) is 12.8 Å². The van der Waals surface area contributed by atoms with E-state index in [9.17, 15) is 17.6 Å². The van der Waals surface area contributed by atoms with E-state index in [1.54, 1.807) is 11.4 Å². The molecule has 2 aliphatic rings. The maximum Gasteiger partial charge on any atom is 0.262 e. The maximum atomic E-state index is 14.2. The van der Waals surface area contributed by atoms with Crippen molar-refractivity contribution >= 4 is 27.3 Å². The van der Waals surface area contributed by atoms with Crippen molar-refractivity contribution in [1.29, 1.82) is 0 Å². The van der Waals surface area contributed by atoms with Crippen LogP contribution in [0.1, 0.15) is 40.1 Å². The first kappa shape index (κ1) is 20.5. The highest BCUT2D eigenvalue weighted by Crippen LogP contribution is 2.30. The Hall–Kier alpha value is -1.81. The van der Waals surface area contributed by atoms with E-state index in [-0.39, 0.29) is 34.8 Å². The monoisotopic (exact) mass is 437 g/mol. The second kappa shape index (κ2) is 8.51. The van der Waals surface area contributed by atoms with Crippen LogP contribution in [0, 0.1) is 5.82 Å². The molecule has 3 heterocycles. The summed E-state index contributed by atoms with van der Waals surface area (Å²) in [6, 6.07) is 6.49. The summed E-state index contributed by atoms with van der Waals surface area (Å²) < 4.78 is 41.9. The first-order valence-corrected chi connectivity index (χ1v) is 12.1. The van der Waals surface area contributed by atoms with E-state index in [1.165, 1.54) is 16.4 Å². The Balaban J connectivity index is 1.50. The Morgan fingerprint density at radius 2 is 2.17 bits per heavy atom. The molecule has 1 fully saturated rings. The van der Waals surface area contributed by atoms with E-state index < -0.39 is 15.8 Å². The number of hydrogen-bond acceptors (Lipinski definition) is 5. The summed E-state index contributed by atoms with van der Waals surface area (Å²) in [6.45, 7) is 1.65. The van der Waals surface area contributed by atoms with Crippen molar-refractivity contribution in [2.24, 2.45) is 0 Å². The van der Waals surface area contributed by atoms with Crippen LogP contribution in [-0.4, -0.2) is 44.3 Å². The Morgan fingerprint density at radius 3 is 2.97 bits per heavy atom. The van der Waals surface area contributed by atoms with E-state index in [2.05, 4.69) is 10.6 Å². The highest BCUT2D eigenvalue weighted by atomic mass is 32.2. The van der Waals surface area contributed by atoms with Gasteiger partial charge in [0.15, 0.2) is 0 Å². The molecule has 0 aliphatic carbocycles. The van der Waals surface area contributed by atoms with E-state index in [1.807, 2.05) is 6.07 Å². The number of hydrogen-bond donors (Lipinski definition) is 2. The van der Waals surface area contributed by atoms with Gasteiger partial charge >= 0.3 is 0 Å². The smallest absolute Gasteiger partial charge is 0.262 e. The van der Waals surface area contributed by atoms with Gasteiger partial charge in [-0.2, -0.15) is 4.31 Å². The highest BCUT2D eigenvalue weighted by Gasteiger charge is 2.33. The summed E-state index contributed by atoms with van der Waals surface area (Å²) in [4.78, 5) is 12.9. The van der Waals surface area contributed by atoms with Gasteiger partial charge in [-0.3, -0.25) is 4.79 Å². The SMILES string of the molecule is O=C(NC[C@H]1CCCCN1)c1sccc1S(=O)(=O)N1CCc2cccc(F)c2C1. The van der Waals surface area contributed by atoms with Crippen molar-refractivity contribution in [1.82, 2.24) is 14.9 Å². The number of halogens is 1. The zero-order valence-electron chi connectivity index (χ0n) is 16.0. The number of rotatable bonds is 5. The van der Waals surface area contributed by atoms with Crippen LogP contribution in [0.4, 0.5) is 4.39 Å². The number of amides is 1. The van der Waals surface area contributed by atoms with Crippen molar-refractivity contribution in [2.75, 3.05) is 19.6 Å². The molecule has 156 valence electrons. The van der Waals surface area contributed by atoms with Crippen molar-refractivity contribution < 1.29 is 17.6 Å². The van der Waals surface area contributed by atoms with Crippen LogP contribution in [0.15, 0.2) is 34.5 Å². The molecule has 4 rings (SSSR count). The van der Waals surface area contributed by atoms with Crippen molar-refractivity contribution in [2.45, 2.75) is 43.2 Å². The van der Waals surface area contributed by atoms with Gasteiger partial charge in [0.25, 0.3) is 5.91 Å². The predicted molar refractivity (Wildman–Crippen MR) is 110 cm³/mol. The first-order chi connectivity index (χ1) is 14.0. The number of thiophene rings is 1. The van der Waals surface area contributed by atoms with Crippen LogP contribution >= 0.6 is 11.3 Å². The average Bonchev–Trinajstić information content (AvgIpc) is 3.24. The normalized spacial score (nSPS) is 20.2. The summed E-state index contributed by atoms with van der Waals surface area (Å²) in [5.74, 6) is -0.778. The number of piperidine rings is 1. The van der Waals surface area contributed by atoms with Gasteiger partial charge in [0.2, 0.25) is 10.0 Å². The second-order valence-electron chi connectivity index (χ2n) is 7.44. The summed E-state index contributed by atoms with van der Waals surface area (Å²) in [5, 5.41) is 7.83. The lowest BCUT2D eigenvalue weighted by molar-refractivity contribution is 0.0948. The van der Waals surface area contributed by atoms with E-state index in [4.69, 9.17) is 0 Å². The number of benzene rings is 1. The lowest BCUT2D eigenvalue weighted by atomic mass is 10.0.